The predicted octanol–water partition coefficient (Wildman–Crippen LogP) is 2.18. The third kappa shape index (κ3) is 4.91. The second-order valence-electron chi connectivity index (χ2n) is 2.87. The van der Waals surface area contributed by atoms with E-state index in [1.807, 2.05) is 6.92 Å². The first-order valence-corrected chi connectivity index (χ1v) is 4.27. The maximum Gasteiger partial charge on any atom is 0.0664 e. The Morgan fingerprint density at radius 2 is 1.78 bits per heavy atom. The molecule has 0 fully saturated rings. The Hall–Kier alpha value is 0.440. The van der Waals surface area contributed by atoms with Gasteiger partial charge in [-0.15, -0.1) is 0 Å². The van der Waals surface area contributed by atoms with Crippen LogP contribution in [0.15, 0.2) is 0 Å². The van der Waals surface area contributed by atoms with Gasteiger partial charge in [-0.2, -0.15) is 0 Å². The summed E-state index contributed by atoms with van der Waals surface area (Å²) >= 11 is 3.32. The summed E-state index contributed by atoms with van der Waals surface area (Å²) in [5.74, 6) is 0.583. The Balaban J connectivity index is 3.38. The molecule has 1 nitrogen and oxygen atoms in total. The van der Waals surface area contributed by atoms with Crippen LogP contribution in [0.5, 0.6) is 0 Å². The fourth-order valence-electron chi connectivity index (χ4n) is 0.671. The lowest BCUT2D eigenvalue weighted by atomic mass is 10.0. The number of alkyl halides is 1. The highest BCUT2D eigenvalue weighted by Crippen LogP contribution is 2.12. The van der Waals surface area contributed by atoms with E-state index in [0.29, 0.717) is 5.92 Å². The summed E-state index contributed by atoms with van der Waals surface area (Å²) in [7, 11) is 0. The predicted molar refractivity (Wildman–Crippen MR) is 43.9 cm³/mol. The van der Waals surface area contributed by atoms with Crippen LogP contribution in [-0.4, -0.2) is 16.0 Å². The maximum absolute atomic E-state index is 9.25. The molecule has 0 aromatic carbocycles. The van der Waals surface area contributed by atoms with Crippen LogP contribution in [0.1, 0.15) is 27.2 Å². The van der Waals surface area contributed by atoms with Crippen LogP contribution in [0.4, 0.5) is 0 Å². The molecule has 0 aliphatic heterocycles. The Morgan fingerprint density at radius 1 is 1.33 bits per heavy atom. The number of rotatable bonds is 3. The summed E-state index contributed by atoms with van der Waals surface area (Å²) in [6, 6.07) is 0. The average molecular weight is 195 g/mol. The van der Waals surface area contributed by atoms with Crippen LogP contribution in [0.25, 0.3) is 0 Å². The first-order chi connectivity index (χ1) is 4.04. The van der Waals surface area contributed by atoms with E-state index in [1.54, 1.807) is 0 Å². The summed E-state index contributed by atoms with van der Waals surface area (Å²) in [6.45, 7) is 6.18. The highest BCUT2D eigenvalue weighted by molar-refractivity contribution is 9.09. The molecule has 0 saturated carbocycles. The van der Waals surface area contributed by atoms with Gasteiger partial charge in [-0.1, -0.05) is 36.7 Å². The van der Waals surface area contributed by atoms with Crippen molar-refractivity contribution in [1.29, 1.82) is 0 Å². The largest absolute Gasteiger partial charge is 0.392 e. The standard InChI is InChI=1S/C7H15BrO/c1-5(2)4-7(9)6(3)8/h5-7,9H,4H2,1-3H3. The van der Waals surface area contributed by atoms with Gasteiger partial charge >= 0.3 is 0 Å². The molecule has 0 bridgehead atoms. The Morgan fingerprint density at radius 3 is 1.89 bits per heavy atom. The summed E-state index contributed by atoms with van der Waals surface area (Å²) in [6.07, 6.45) is 0.692. The van der Waals surface area contributed by atoms with Crippen molar-refractivity contribution < 1.29 is 5.11 Å². The van der Waals surface area contributed by atoms with Gasteiger partial charge in [-0.3, -0.25) is 0 Å². The van der Waals surface area contributed by atoms with Gasteiger partial charge in [-0.25, -0.2) is 0 Å². The first-order valence-electron chi connectivity index (χ1n) is 3.36. The molecule has 2 atom stereocenters. The van der Waals surface area contributed by atoms with Gasteiger partial charge < -0.3 is 5.11 Å². The monoisotopic (exact) mass is 194 g/mol. The second kappa shape index (κ2) is 4.29. The number of aliphatic hydroxyl groups is 1. The molecule has 0 aliphatic carbocycles. The Bertz CT molecular complexity index is 71.3. The van der Waals surface area contributed by atoms with Crippen LogP contribution >= 0.6 is 15.9 Å². The summed E-state index contributed by atoms with van der Waals surface area (Å²) in [5.41, 5.74) is 0. The topological polar surface area (TPSA) is 20.2 Å². The normalized spacial score (nSPS) is 18.0. The average Bonchev–Trinajstić information content (AvgIpc) is 1.63. The summed E-state index contributed by atoms with van der Waals surface area (Å²) in [5, 5.41) is 9.25. The van der Waals surface area contributed by atoms with Crippen molar-refractivity contribution in [2.75, 3.05) is 0 Å². The fourth-order valence-corrected chi connectivity index (χ4v) is 0.886. The van der Waals surface area contributed by atoms with E-state index in [9.17, 15) is 5.11 Å². The lowest BCUT2D eigenvalue weighted by Crippen LogP contribution is -2.18. The summed E-state index contributed by atoms with van der Waals surface area (Å²) < 4.78 is 0. The van der Waals surface area contributed by atoms with Crippen molar-refractivity contribution in [1.82, 2.24) is 0 Å². The smallest absolute Gasteiger partial charge is 0.0664 e. The maximum atomic E-state index is 9.25. The van der Waals surface area contributed by atoms with E-state index >= 15 is 0 Å². The van der Waals surface area contributed by atoms with E-state index < -0.39 is 0 Å². The third-order valence-electron chi connectivity index (χ3n) is 1.24. The molecule has 0 saturated heterocycles. The van der Waals surface area contributed by atoms with Crippen molar-refractivity contribution in [3.8, 4) is 0 Å². The molecule has 2 unspecified atom stereocenters. The van der Waals surface area contributed by atoms with Gasteiger partial charge in [0.15, 0.2) is 0 Å². The minimum Gasteiger partial charge on any atom is -0.392 e. The van der Waals surface area contributed by atoms with Crippen molar-refractivity contribution in [3.05, 3.63) is 0 Å². The number of halogens is 1. The van der Waals surface area contributed by atoms with Gasteiger partial charge in [0.05, 0.1) is 6.10 Å². The lowest BCUT2D eigenvalue weighted by molar-refractivity contribution is 0.152. The van der Waals surface area contributed by atoms with Crippen LogP contribution in [0.3, 0.4) is 0 Å². The van der Waals surface area contributed by atoms with Crippen molar-refractivity contribution in [2.24, 2.45) is 5.92 Å². The van der Waals surface area contributed by atoms with Crippen LogP contribution < -0.4 is 0 Å². The van der Waals surface area contributed by atoms with E-state index in [1.165, 1.54) is 0 Å². The van der Waals surface area contributed by atoms with E-state index in [2.05, 4.69) is 29.8 Å². The zero-order valence-electron chi connectivity index (χ0n) is 6.26. The summed E-state index contributed by atoms with van der Waals surface area (Å²) in [4.78, 5) is 0.222. The SMILES string of the molecule is CC(C)CC(O)C(C)Br. The van der Waals surface area contributed by atoms with E-state index in [-0.39, 0.29) is 10.9 Å². The molecule has 0 aliphatic rings. The number of hydrogen-bond acceptors (Lipinski definition) is 1. The zero-order chi connectivity index (χ0) is 7.44. The van der Waals surface area contributed by atoms with Gasteiger partial charge in [0.2, 0.25) is 0 Å². The van der Waals surface area contributed by atoms with Crippen LogP contribution in [-0.2, 0) is 0 Å². The number of aliphatic hydroxyl groups excluding tert-OH is 1. The molecule has 9 heavy (non-hydrogen) atoms. The van der Waals surface area contributed by atoms with Crippen molar-refractivity contribution >= 4 is 15.9 Å². The quantitative estimate of drug-likeness (QED) is 0.684. The molecule has 1 N–H and O–H groups in total. The molecule has 0 rings (SSSR count). The minimum absolute atomic E-state index is 0.190. The van der Waals surface area contributed by atoms with Gasteiger partial charge in [0, 0.05) is 4.83 Å². The Labute approximate surface area is 65.6 Å². The minimum atomic E-state index is -0.190. The molecule has 0 amide bonds. The van der Waals surface area contributed by atoms with Crippen LogP contribution in [0.2, 0.25) is 0 Å². The van der Waals surface area contributed by atoms with Gasteiger partial charge in [0.25, 0.3) is 0 Å². The van der Waals surface area contributed by atoms with Gasteiger partial charge in [-0.05, 0) is 12.3 Å². The molecule has 2 heteroatoms. The van der Waals surface area contributed by atoms with Crippen molar-refractivity contribution in [2.45, 2.75) is 38.1 Å². The third-order valence-corrected chi connectivity index (χ3v) is 1.85. The van der Waals surface area contributed by atoms with E-state index in [4.69, 9.17) is 0 Å². The number of hydrogen-bond donors (Lipinski definition) is 1. The molecule has 0 aromatic heterocycles. The van der Waals surface area contributed by atoms with Gasteiger partial charge in [0.1, 0.15) is 0 Å². The Kier molecular flexibility index (Phi) is 4.50. The van der Waals surface area contributed by atoms with Crippen molar-refractivity contribution in [3.63, 3.8) is 0 Å². The highest BCUT2D eigenvalue weighted by atomic mass is 79.9. The molecule has 0 aromatic rings. The molecule has 0 radical (unpaired) electrons. The molecular weight excluding hydrogens is 180 g/mol. The van der Waals surface area contributed by atoms with E-state index in [0.717, 1.165) is 6.42 Å². The lowest BCUT2D eigenvalue weighted by Gasteiger charge is -2.14. The molecule has 56 valence electrons. The molecule has 0 heterocycles. The molecule has 0 spiro atoms. The highest BCUT2D eigenvalue weighted by Gasteiger charge is 2.11. The fraction of sp³-hybridized carbons (Fsp3) is 1.00. The first kappa shape index (κ1) is 9.44. The molecular formula is C7H15BrO. The second-order valence-corrected chi connectivity index (χ2v) is 4.32. The van der Waals surface area contributed by atoms with Crippen LogP contribution in [0, 0.1) is 5.92 Å². The zero-order valence-corrected chi connectivity index (χ0v) is 7.85.